The Kier molecular flexibility index (Phi) is 32.3. The lowest BCUT2D eigenvalue weighted by molar-refractivity contribution is -0.137. The van der Waals surface area contributed by atoms with Crippen molar-refractivity contribution in [3.63, 3.8) is 0 Å². The highest BCUT2D eigenvalue weighted by atomic mass is 16.6. The smallest absolute Gasteiger partial charge is 0.407 e. The molecule has 0 radical (unpaired) electrons. The number of rotatable bonds is 32. The summed E-state index contributed by atoms with van der Waals surface area (Å²) in [5, 5.41) is 27.4. The zero-order valence-corrected chi connectivity index (χ0v) is 49.0. The lowest BCUT2D eigenvalue weighted by Crippen LogP contribution is -2.54. The summed E-state index contributed by atoms with van der Waals surface area (Å²) in [6.07, 6.45) is -0.575. The van der Waals surface area contributed by atoms with Gasteiger partial charge in [-0.05, 0) is 90.8 Å². The Morgan fingerprint density at radius 1 is 0.488 bits per heavy atom. The average Bonchev–Trinajstić information content (AvgIpc) is 1.68. The number of piperidine rings is 2. The molecule has 29 nitrogen and oxygen atoms in total. The van der Waals surface area contributed by atoms with E-state index in [9.17, 15) is 53.1 Å². The number of phenolic OH excluding ortho intramolecular Hbond substituents is 1. The number of carbonyl (C=O) groups excluding carboxylic acids is 10. The number of nitrogens with zero attached hydrogens (tertiary/aromatic N) is 2. The minimum absolute atomic E-state index is 0. The maximum atomic E-state index is 12.9. The molecule has 10 amide bonds. The van der Waals surface area contributed by atoms with Gasteiger partial charge in [0, 0.05) is 25.9 Å². The van der Waals surface area contributed by atoms with Crippen LogP contribution in [0.2, 0.25) is 0 Å². The van der Waals surface area contributed by atoms with Crippen molar-refractivity contribution in [2.24, 2.45) is 0 Å². The van der Waals surface area contributed by atoms with E-state index in [0.717, 1.165) is 9.80 Å². The van der Waals surface area contributed by atoms with E-state index in [1.165, 1.54) is 30.3 Å². The van der Waals surface area contributed by atoms with E-state index in [4.69, 9.17) is 57.2 Å². The lowest BCUT2D eigenvalue weighted by Gasteiger charge is -2.27. The summed E-state index contributed by atoms with van der Waals surface area (Å²) in [5.41, 5.74) is -0.467. The summed E-state index contributed by atoms with van der Waals surface area (Å²) in [6.45, 7) is 18.4. The summed E-state index contributed by atoms with van der Waals surface area (Å²) in [5.74, 6) is -4.26. The second kappa shape index (κ2) is 38.0. The van der Waals surface area contributed by atoms with Gasteiger partial charge in [0.05, 0.1) is 135 Å². The molecule has 2 fully saturated rings. The first-order valence-electron chi connectivity index (χ1n) is 27.7. The van der Waals surface area contributed by atoms with Gasteiger partial charge in [0.2, 0.25) is 23.6 Å². The molecule has 2 aromatic carbocycles. The molecule has 29 heteroatoms. The van der Waals surface area contributed by atoms with Gasteiger partial charge in [-0.2, -0.15) is 0 Å². The summed E-state index contributed by atoms with van der Waals surface area (Å²) in [6, 6.07) is 6.38. The number of aliphatic hydroxyl groups is 1. The third-order valence-electron chi connectivity index (χ3n) is 11.6. The zero-order valence-electron chi connectivity index (χ0n) is 49.0. The molecular weight excluding hydrogens is 1140 g/mol. The number of nitrogens with one attached hydrogen (secondary N) is 4. The van der Waals surface area contributed by atoms with Crippen molar-refractivity contribution in [2.45, 2.75) is 97.9 Å². The molecule has 0 saturated carbocycles. The number of imide groups is 4. The standard InChI is InChI=1S/C28H39N3O11.C15H31NO7.C13H10N2O5.CH4/c1-28(2,3)42-27(36)29-8-9-37-10-11-38-12-13-39-14-15-40-16-17-41-19-4-5-20-21(18-19)26(35)31(25(20)34)22-6-7-23(32)30-24(22)33;1-15(2,3)23-14(18)16-4-6-19-8-10-21-12-13-22-11-9-20-7-5-17;16-6-1-2-7-8(5-6)13(20)15(12(7)19)9-3-4-10(17)14-11(9)18;/h4-5,18,22H,6-17H2,1-3H3,(H,29,36)(H,30,32,33);17H,4-13H2,1-3H3,(H,16,18);1-2,5,9,16H,3-4H2,(H,14,17,18);1H4. The topological polar surface area (TPSA) is 367 Å². The molecule has 2 saturated heterocycles. The first-order valence-corrected chi connectivity index (χ1v) is 27.7. The molecule has 4 heterocycles. The minimum Gasteiger partial charge on any atom is -0.508 e. The second-order valence-corrected chi connectivity index (χ2v) is 20.7. The number of phenols is 1. The van der Waals surface area contributed by atoms with E-state index >= 15 is 0 Å². The van der Waals surface area contributed by atoms with Gasteiger partial charge in [0.15, 0.2) is 0 Å². The first kappa shape index (κ1) is 73.0. The molecule has 0 aliphatic carbocycles. The normalized spacial score (nSPS) is 16.4. The molecule has 6 N–H and O–H groups in total. The fraction of sp³-hybridized carbons (Fsp3) is 0.614. The summed E-state index contributed by atoms with van der Waals surface area (Å²) in [4.78, 5) is 121. The quantitative estimate of drug-likeness (QED) is 0.0451. The number of alkyl carbamates (subject to hydrolysis) is 2. The van der Waals surface area contributed by atoms with Gasteiger partial charge >= 0.3 is 12.2 Å². The molecule has 2 atom stereocenters. The second-order valence-electron chi connectivity index (χ2n) is 20.7. The highest BCUT2D eigenvalue weighted by Crippen LogP contribution is 2.31. The Bertz CT molecular complexity index is 2570. The molecule has 4 aliphatic heterocycles. The number of amides is 10. The number of hydrogen-bond donors (Lipinski definition) is 6. The number of aliphatic hydroxyl groups excluding tert-OH is 1. The fourth-order valence-electron chi connectivity index (χ4n) is 7.88. The van der Waals surface area contributed by atoms with Crippen LogP contribution in [-0.2, 0) is 66.5 Å². The van der Waals surface area contributed by atoms with E-state index in [0.29, 0.717) is 118 Å². The van der Waals surface area contributed by atoms with Crippen molar-refractivity contribution >= 4 is 59.4 Å². The summed E-state index contributed by atoms with van der Waals surface area (Å²) < 4.78 is 58.5. The number of ether oxygens (including phenoxy) is 11. The molecule has 0 spiro atoms. The van der Waals surface area contributed by atoms with Crippen LogP contribution in [0.3, 0.4) is 0 Å². The number of fused-ring (bicyclic) bond motifs is 2. The van der Waals surface area contributed by atoms with Gasteiger partial charge in [-0.1, -0.05) is 7.43 Å². The summed E-state index contributed by atoms with van der Waals surface area (Å²) in [7, 11) is 0. The van der Waals surface area contributed by atoms with Gasteiger partial charge < -0.3 is 73.0 Å². The Labute approximate surface area is 499 Å². The Balaban J connectivity index is 0.000000370. The Morgan fingerprint density at radius 2 is 0.826 bits per heavy atom. The number of carbonyl (C=O) groups is 10. The molecule has 0 bridgehead atoms. The molecular formula is C57H84N6O23. The van der Waals surface area contributed by atoms with Crippen molar-refractivity contribution in [3.8, 4) is 11.5 Å². The number of benzene rings is 2. The van der Waals surface area contributed by atoms with Crippen molar-refractivity contribution in [1.82, 2.24) is 31.1 Å². The predicted octanol–water partition coefficient (Wildman–Crippen LogP) is 2.06. The van der Waals surface area contributed by atoms with Crippen LogP contribution in [0.25, 0.3) is 0 Å². The van der Waals surface area contributed by atoms with Crippen LogP contribution in [0.15, 0.2) is 36.4 Å². The van der Waals surface area contributed by atoms with Crippen LogP contribution in [-0.4, -0.2) is 235 Å². The number of hydrogen-bond acceptors (Lipinski definition) is 23. The molecule has 86 heavy (non-hydrogen) atoms. The molecule has 0 aromatic heterocycles. The zero-order chi connectivity index (χ0) is 62.4. The van der Waals surface area contributed by atoms with Gasteiger partial charge in [0.1, 0.15) is 41.4 Å². The lowest BCUT2D eigenvalue weighted by atomic mass is 10.0. The minimum atomic E-state index is -1.01. The molecule has 4 aliphatic rings. The number of aromatic hydroxyl groups is 1. The largest absolute Gasteiger partial charge is 0.508 e. The van der Waals surface area contributed by atoms with Crippen LogP contribution in [0.4, 0.5) is 9.59 Å². The van der Waals surface area contributed by atoms with E-state index in [2.05, 4.69) is 21.3 Å². The predicted molar refractivity (Wildman–Crippen MR) is 302 cm³/mol. The van der Waals surface area contributed by atoms with Crippen LogP contribution in [0.1, 0.15) is 116 Å². The maximum Gasteiger partial charge on any atom is 0.407 e. The fourth-order valence-corrected chi connectivity index (χ4v) is 7.88. The van der Waals surface area contributed by atoms with Crippen LogP contribution < -0.4 is 26.0 Å². The van der Waals surface area contributed by atoms with Crippen LogP contribution >= 0.6 is 0 Å². The van der Waals surface area contributed by atoms with Crippen molar-refractivity contribution < 1.29 is 110 Å². The van der Waals surface area contributed by atoms with Crippen LogP contribution in [0.5, 0.6) is 11.5 Å². The highest BCUT2D eigenvalue weighted by Gasteiger charge is 2.46. The van der Waals surface area contributed by atoms with Gasteiger partial charge in [-0.25, -0.2) is 9.59 Å². The highest BCUT2D eigenvalue weighted by molar-refractivity contribution is 6.24. The van der Waals surface area contributed by atoms with Crippen molar-refractivity contribution in [3.05, 3.63) is 58.7 Å². The van der Waals surface area contributed by atoms with E-state index in [1.54, 1.807) is 26.8 Å². The third-order valence-corrected chi connectivity index (χ3v) is 11.6. The van der Waals surface area contributed by atoms with Crippen molar-refractivity contribution in [1.29, 1.82) is 0 Å². The molecule has 2 unspecified atom stereocenters. The van der Waals surface area contributed by atoms with Gasteiger partial charge in [-0.15, -0.1) is 0 Å². The van der Waals surface area contributed by atoms with Crippen molar-refractivity contribution in [2.75, 3.05) is 132 Å². The third kappa shape index (κ3) is 26.2. The average molecular weight is 1220 g/mol. The van der Waals surface area contributed by atoms with Crippen LogP contribution in [0, 0.1) is 0 Å². The van der Waals surface area contributed by atoms with Gasteiger partial charge in [-0.3, -0.25) is 58.8 Å². The Morgan fingerprint density at radius 3 is 1.20 bits per heavy atom. The first-order chi connectivity index (χ1) is 40.5. The van der Waals surface area contributed by atoms with E-state index < -0.39 is 82.7 Å². The monoisotopic (exact) mass is 1220 g/mol. The summed E-state index contributed by atoms with van der Waals surface area (Å²) >= 11 is 0. The SMILES string of the molecule is C.CC(C)(C)OC(=O)NCCOCCOCCOCCOCCO.CC(C)(C)OC(=O)NCCOCCOCCOCCOCCOc1ccc2c(c1)C(=O)N(C1CCC(=O)NC1=O)C2=O.O=C1CCC(N2C(=O)c3ccc(O)cc3C2=O)C(=O)N1. The van der Waals surface area contributed by atoms with E-state index in [1.807, 2.05) is 20.8 Å². The van der Waals surface area contributed by atoms with E-state index in [-0.39, 0.29) is 80.9 Å². The molecule has 6 rings (SSSR count). The Hall–Kier alpha value is -7.22. The maximum absolute atomic E-state index is 12.9. The molecule has 2 aromatic rings. The van der Waals surface area contributed by atoms with Gasteiger partial charge in [0.25, 0.3) is 23.6 Å². The molecule has 480 valence electrons.